The average Bonchev–Trinajstić information content (AvgIpc) is 2.82. The summed E-state index contributed by atoms with van der Waals surface area (Å²) < 4.78 is 66.4. The van der Waals surface area contributed by atoms with E-state index in [1.54, 1.807) is 24.3 Å². The Morgan fingerprint density at radius 2 is 1.41 bits per heavy atom. The summed E-state index contributed by atoms with van der Waals surface area (Å²) >= 11 is 0. The van der Waals surface area contributed by atoms with Crippen molar-refractivity contribution in [2.45, 2.75) is 68.1 Å². The Kier molecular flexibility index (Phi) is 7.25. The SMILES string of the molecule is CCCC(C)c1ccc(CC(C)(C)c2cccc3cc(S(=O)(=O)O)ccc23)c2cc(S(=O)(=O)O)ccc12. The van der Waals surface area contributed by atoms with Gasteiger partial charge in [-0.2, -0.15) is 16.8 Å². The highest BCUT2D eigenvalue weighted by Gasteiger charge is 2.26. The second-order valence-electron chi connectivity index (χ2n) is 10.4. The van der Waals surface area contributed by atoms with Gasteiger partial charge in [0.25, 0.3) is 20.2 Å². The third-order valence-electron chi connectivity index (χ3n) is 7.17. The maximum Gasteiger partial charge on any atom is 0.294 e. The van der Waals surface area contributed by atoms with E-state index in [4.69, 9.17) is 0 Å². The van der Waals surface area contributed by atoms with E-state index in [0.717, 1.165) is 45.7 Å². The van der Waals surface area contributed by atoms with Crippen molar-refractivity contribution in [1.82, 2.24) is 0 Å². The minimum Gasteiger partial charge on any atom is -0.282 e. The fourth-order valence-corrected chi connectivity index (χ4v) is 6.35. The monoisotopic (exact) mass is 540 g/mol. The highest BCUT2D eigenvalue weighted by Crippen LogP contribution is 2.38. The van der Waals surface area contributed by atoms with E-state index in [-0.39, 0.29) is 9.79 Å². The molecule has 0 radical (unpaired) electrons. The number of fused-ring (bicyclic) bond motifs is 2. The molecule has 0 heterocycles. The lowest BCUT2D eigenvalue weighted by Gasteiger charge is -2.28. The van der Waals surface area contributed by atoms with Gasteiger partial charge < -0.3 is 0 Å². The van der Waals surface area contributed by atoms with E-state index in [1.165, 1.54) is 18.2 Å². The number of benzene rings is 4. The molecule has 0 amide bonds. The summed E-state index contributed by atoms with van der Waals surface area (Å²) in [7, 11) is -8.68. The van der Waals surface area contributed by atoms with Gasteiger partial charge in [-0.1, -0.05) is 76.6 Å². The van der Waals surface area contributed by atoms with Crippen molar-refractivity contribution in [3.05, 3.63) is 83.4 Å². The molecule has 0 spiro atoms. The summed E-state index contributed by atoms with van der Waals surface area (Å²) in [4.78, 5) is -0.294. The molecule has 0 aromatic heterocycles. The molecule has 0 saturated heterocycles. The zero-order valence-corrected chi connectivity index (χ0v) is 23.0. The first-order valence-corrected chi connectivity index (χ1v) is 15.1. The third-order valence-corrected chi connectivity index (χ3v) is 8.87. The molecule has 8 heteroatoms. The van der Waals surface area contributed by atoms with Crippen molar-refractivity contribution >= 4 is 41.8 Å². The fraction of sp³-hybridized carbons (Fsp3) is 0.310. The van der Waals surface area contributed by atoms with Crippen molar-refractivity contribution in [1.29, 1.82) is 0 Å². The van der Waals surface area contributed by atoms with Gasteiger partial charge in [0.15, 0.2) is 0 Å². The molecule has 1 atom stereocenters. The number of hydrogen-bond donors (Lipinski definition) is 2. The van der Waals surface area contributed by atoms with Gasteiger partial charge in [-0.25, -0.2) is 0 Å². The van der Waals surface area contributed by atoms with Gasteiger partial charge in [0.05, 0.1) is 9.79 Å². The molecule has 4 aromatic rings. The molecule has 1 unspecified atom stereocenters. The van der Waals surface area contributed by atoms with Crippen LogP contribution in [0.25, 0.3) is 21.5 Å². The van der Waals surface area contributed by atoms with Crippen LogP contribution < -0.4 is 0 Å². The van der Waals surface area contributed by atoms with Crippen LogP contribution in [0, 0.1) is 0 Å². The van der Waals surface area contributed by atoms with Crippen LogP contribution in [0.3, 0.4) is 0 Å². The van der Waals surface area contributed by atoms with Gasteiger partial charge in [-0.05, 0) is 86.7 Å². The van der Waals surface area contributed by atoms with Crippen molar-refractivity contribution in [2.24, 2.45) is 0 Å². The van der Waals surface area contributed by atoms with Gasteiger partial charge in [-0.3, -0.25) is 9.11 Å². The molecule has 0 aliphatic carbocycles. The number of rotatable bonds is 8. The first-order valence-electron chi connectivity index (χ1n) is 12.3. The summed E-state index contributed by atoms with van der Waals surface area (Å²) in [6.07, 6.45) is 2.60. The molecule has 0 saturated carbocycles. The highest BCUT2D eigenvalue weighted by molar-refractivity contribution is 7.86. The lowest BCUT2D eigenvalue weighted by atomic mass is 9.76. The Bertz CT molecular complexity index is 1700. The van der Waals surface area contributed by atoms with E-state index >= 15 is 0 Å². The van der Waals surface area contributed by atoms with E-state index in [0.29, 0.717) is 17.7 Å². The predicted octanol–water partition coefficient (Wildman–Crippen LogP) is 6.91. The van der Waals surface area contributed by atoms with Gasteiger partial charge in [0.1, 0.15) is 0 Å². The minimum absolute atomic E-state index is 0.137. The molecule has 6 nitrogen and oxygen atoms in total. The van der Waals surface area contributed by atoms with Crippen molar-refractivity contribution in [3.8, 4) is 0 Å². The van der Waals surface area contributed by atoms with Crippen molar-refractivity contribution < 1.29 is 25.9 Å². The van der Waals surface area contributed by atoms with Gasteiger partial charge in [0, 0.05) is 0 Å². The Balaban J connectivity index is 1.87. The maximum atomic E-state index is 12.0. The Hall–Kier alpha value is -2.78. The molecule has 0 fully saturated rings. The summed E-state index contributed by atoms with van der Waals surface area (Å²) in [5, 5.41) is 3.33. The molecule has 196 valence electrons. The molecule has 4 aromatic carbocycles. The van der Waals surface area contributed by atoms with Crippen LogP contribution in [0.5, 0.6) is 0 Å². The van der Waals surface area contributed by atoms with Crippen LogP contribution in [0.15, 0.2) is 76.5 Å². The summed E-state index contributed by atoms with van der Waals surface area (Å²) in [5.74, 6) is 0.293. The second-order valence-corrected chi connectivity index (χ2v) is 13.3. The van der Waals surface area contributed by atoms with Gasteiger partial charge >= 0.3 is 0 Å². The van der Waals surface area contributed by atoms with Crippen LogP contribution >= 0.6 is 0 Å². The van der Waals surface area contributed by atoms with Crippen LogP contribution in [0.4, 0.5) is 0 Å². The predicted molar refractivity (Wildman–Crippen MR) is 148 cm³/mol. The lowest BCUT2D eigenvalue weighted by Crippen LogP contribution is -2.21. The van der Waals surface area contributed by atoms with E-state index in [1.807, 2.05) is 18.2 Å². The lowest BCUT2D eigenvalue weighted by molar-refractivity contribution is 0.481. The van der Waals surface area contributed by atoms with Crippen molar-refractivity contribution in [2.75, 3.05) is 0 Å². The maximum absolute atomic E-state index is 12.0. The molecule has 0 bridgehead atoms. The first-order chi connectivity index (χ1) is 17.2. The highest BCUT2D eigenvalue weighted by atomic mass is 32.2. The van der Waals surface area contributed by atoms with Gasteiger partial charge in [-0.15, -0.1) is 0 Å². The summed E-state index contributed by atoms with van der Waals surface area (Å²) in [5.41, 5.74) is 2.67. The zero-order valence-electron chi connectivity index (χ0n) is 21.4. The molecular weight excluding hydrogens is 508 g/mol. The summed E-state index contributed by atoms with van der Waals surface area (Å²) in [6, 6.07) is 19.2. The van der Waals surface area contributed by atoms with E-state index in [9.17, 15) is 25.9 Å². The topological polar surface area (TPSA) is 109 Å². The minimum atomic E-state index is -4.36. The van der Waals surface area contributed by atoms with Crippen molar-refractivity contribution in [3.63, 3.8) is 0 Å². The third kappa shape index (κ3) is 5.57. The molecule has 4 rings (SSSR count). The second kappa shape index (κ2) is 9.83. The van der Waals surface area contributed by atoms with Crippen LogP contribution in [0.2, 0.25) is 0 Å². The van der Waals surface area contributed by atoms with Crippen LogP contribution in [-0.2, 0) is 32.1 Å². The zero-order chi connectivity index (χ0) is 27.2. The standard InChI is InChI=1S/C29H32O6S2/c1-5-7-19(2)24-13-10-21(27-17-23(37(33,34)35)12-15-26(24)27)18-29(3,4)28-9-6-8-20-16-22(36(30,31)32)11-14-25(20)28/h6,8-17,19H,5,7,18H2,1-4H3,(H,30,31,32)(H,33,34,35). The quantitative estimate of drug-likeness (QED) is 0.235. The normalized spacial score (nSPS) is 13.8. The van der Waals surface area contributed by atoms with Gasteiger partial charge in [0.2, 0.25) is 0 Å². The molecule has 2 N–H and O–H groups in total. The Morgan fingerprint density at radius 3 is 2.03 bits per heavy atom. The fourth-order valence-electron chi connectivity index (χ4n) is 5.33. The summed E-state index contributed by atoms with van der Waals surface area (Å²) in [6.45, 7) is 8.47. The molecular formula is C29H32O6S2. The molecule has 37 heavy (non-hydrogen) atoms. The van der Waals surface area contributed by atoms with Crippen LogP contribution in [-0.4, -0.2) is 25.9 Å². The smallest absolute Gasteiger partial charge is 0.282 e. The van der Waals surface area contributed by atoms with E-state index in [2.05, 4.69) is 33.8 Å². The Labute approximate surface area is 218 Å². The molecule has 0 aliphatic rings. The molecule has 0 aliphatic heterocycles. The average molecular weight is 541 g/mol. The largest absolute Gasteiger partial charge is 0.294 e. The number of hydrogen-bond acceptors (Lipinski definition) is 4. The Morgan fingerprint density at radius 1 is 0.784 bits per heavy atom. The van der Waals surface area contributed by atoms with Crippen LogP contribution in [0.1, 0.15) is 63.1 Å². The van der Waals surface area contributed by atoms with E-state index < -0.39 is 25.7 Å². The first kappa shape index (κ1) is 27.3.